The van der Waals surface area contributed by atoms with Gasteiger partial charge in [-0.25, -0.2) is 4.39 Å². The van der Waals surface area contributed by atoms with E-state index in [2.05, 4.69) is 10.6 Å². The summed E-state index contributed by atoms with van der Waals surface area (Å²) in [7, 11) is 1.64. The summed E-state index contributed by atoms with van der Waals surface area (Å²) in [5.41, 5.74) is 1.91. The number of fused-ring (bicyclic) bond motifs is 1. The number of benzene rings is 2. The van der Waals surface area contributed by atoms with Crippen LogP contribution in [-0.2, 0) is 6.54 Å². The zero-order valence-corrected chi connectivity index (χ0v) is 14.9. The minimum absolute atomic E-state index is 0.0657. The van der Waals surface area contributed by atoms with Crippen LogP contribution in [0.3, 0.4) is 0 Å². The lowest BCUT2D eigenvalue weighted by Crippen LogP contribution is -2.37. The second-order valence-corrected chi connectivity index (χ2v) is 6.31. The van der Waals surface area contributed by atoms with Crippen molar-refractivity contribution in [2.75, 3.05) is 13.7 Å². The summed E-state index contributed by atoms with van der Waals surface area (Å²) >= 11 is 5.41. The fourth-order valence-electron chi connectivity index (χ4n) is 2.83. The summed E-state index contributed by atoms with van der Waals surface area (Å²) < 4.78 is 24.5. The van der Waals surface area contributed by atoms with Gasteiger partial charge in [-0.2, -0.15) is 0 Å². The minimum atomic E-state index is -0.270. The first kappa shape index (κ1) is 17.5. The molecule has 2 aromatic carbocycles. The number of ether oxygens (including phenoxy) is 2. The van der Waals surface area contributed by atoms with Gasteiger partial charge in [0, 0.05) is 12.1 Å². The van der Waals surface area contributed by atoms with Crippen molar-refractivity contribution in [3.63, 3.8) is 0 Å². The van der Waals surface area contributed by atoms with E-state index in [1.54, 1.807) is 13.2 Å². The van der Waals surface area contributed by atoms with Gasteiger partial charge in [-0.15, -0.1) is 0 Å². The molecule has 1 aliphatic rings. The Morgan fingerprint density at radius 1 is 1.28 bits per heavy atom. The van der Waals surface area contributed by atoms with Gasteiger partial charge in [0.15, 0.2) is 5.11 Å². The predicted octanol–water partition coefficient (Wildman–Crippen LogP) is 3.71. The average molecular weight is 360 g/mol. The molecule has 0 saturated carbocycles. The van der Waals surface area contributed by atoms with E-state index in [-0.39, 0.29) is 11.9 Å². The molecular weight excluding hydrogens is 339 g/mol. The first-order chi connectivity index (χ1) is 12.2. The Kier molecular flexibility index (Phi) is 5.71. The van der Waals surface area contributed by atoms with E-state index >= 15 is 0 Å². The molecule has 2 aromatic rings. The van der Waals surface area contributed by atoms with Gasteiger partial charge < -0.3 is 20.1 Å². The Morgan fingerprint density at radius 2 is 2.08 bits per heavy atom. The summed E-state index contributed by atoms with van der Waals surface area (Å²) in [6.07, 6.45) is 1.72. The van der Waals surface area contributed by atoms with Crippen molar-refractivity contribution in [2.24, 2.45) is 0 Å². The molecule has 0 fully saturated rings. The maximum atomic E-state index is 13.6. The van der Waals surface area contributed by atoms with Crippen LogP contribution in [0, 0.1) is 5.82 Å². The first-order valence-corrected chi connectivity index (χ1v) is 8.66. The van der Waals surface area contributed by atoms with Gasteiger partial charge in [0.25, 0.3) is 0 Å². The highest BCUT2D eigenvalue weighted by molar-refractivity contribution is 7.80. The first-order valence-electron chi connectivity index (χ1n) is 8.25. The molecule has 0 aromatic heterocycles. The molecule has 0 spiro atoms. The molecule has 1 heterocycles. The van der Waals surface area contributed by atoms with Gasteiger partial charge >= 0.3 is 0 Å². The summed E-state index contributed by atoms with van der Waals surface area (Å²) in [6.45, 7) is 1.23. The molecule has 4 nitrogen and oxygen atoms in total. The molecule has 0 amide bonds. The Hall–Kier alpha value is -2.34. The monoisotopic (exact) mass is 360 g/mol. The molecule has 25 heavy (non-hydrogen) atoms. The Morgan fingerprint density at radius 3 is 2.84 bits per heavy atom. The zero-order chi connectivity index (χ0) is 17.6. The minimum Gasteiger partial charge on any atom is -0.497 e. The van der Waals surface area contributed by atoms with Crippen LogP contribution < -0.4 is 20.1 Å². The highest BCUT2D eigenvalue weighted by Crippen LogP contribution is 2.32. The second-order valence-electron chi connectivity index (χ2n) is 5.90. The van der Waals surface area contributed by atoms with Gasteiger partial charge in [-0.05, 0) is 61.0 Å². The van der Waals surface area contributed by atoms with Gasteiger partial charge in [-0.1, -0.05) is 12.1 Å². The molecule has 3 rings (SSSR count). The smallest absolute Gasteiger partial charge is 0.167 e. The number of methoxy groups -OCH3 is 1. The summed E-state index contributed by atoms with van der Waals surface area (Å²) in [5.74, 6) is 1.27. The maximum absolute atomic E-state index is 13.6. The van der Waals surface area contributed by atoms with Crippen molar-refractivity contribution in [3.05, 3.63) is 59.4 Å². The van der Waals surface area contributed by atoms with Crippen LogP contribution >= 0.6 is 12.2 Å². The molecule has 6 heteroatoms. The fraction of sp³-hybridized carbons (Fsp3) is 0.316. The molecule has 1 atom stereocenters. The third kappa shape index (κ3) is 4.60. The largest absolute Gasteiger partial charge is 0.497 e. The van der Waals surface area contributed by atoms with Crippen molar-refractivity contribution in [3.8, 4) is 11.5 Å². The van der Waals surface area contributed by atoms with Gasteiger partial charge in [0.05, 0.1) is 19.8 Å². The number of halogens is 1. The van der Waals surface area contributed by atoms with E-state index < -0.39 is 0 Å². The van der Waals surface area contributed by atoms with Crippen molar-refractivity contribution in [1.29, 1.82) is 0 Å². The Balaban J connectivity index is 1.61. The van der Waals surface area contributed by atoms with Gasteiger partial charge in [-0.3, -0.25) is 0 Å². The Bertz CT molecular complexity index is 737. The van der Waals surface area contributed by atoms with Crippen LogP contribution in [0.15, 0.2) is 42.5 Å². The summed E-state index contributed by atoms with van der Waals surface area (Å²) in [5, 5.41) is 7.02. The molecule has 0 aliphatic carbocycles. The fourth-order valence-corrected chi connectivity index (χ4v) is 3.05. The lowest BCUT2D eigenvalue weighted by molar-refractivity contribution is 0.315. The van der Waals surface area contributed by atoms with E-state index in [4.69, 9.17) is 21.7 Å². The van der Waals surface area contributed by atoms with Crippen LogP contribution in [0.5, 0.6) is 11.5 Å². The van der Waals surface area contributed by atoms with Gasteiger partial charge in [0.1, 0.15) is 17.3 Å². The van der Waals surface area contributed by atoms with Crippen molar-refractivity contribution < 1.29 is 13.9 Å². The molecule has 0 saturated heterocycles. The zero-order valence-electron chi connectivity index (χ0n) is 14.0. The number of hydrogen-bond acceptors (Lipinski definition) is 3. The molecule has 2 N–H and O–H groups in total. The molecule has 1 unspecified atom stereocenters. The third-order valence-corrected chi connectivity index (χ3v) is 4.42. The van der Waals surface area contributed by atoms with E-state index in [0.29, 0.717) is 24.0 Å². The normalized spacial score (nSPS) is 16.2. The van der Waals surface area contributed by atoms with E-state index in [9.17, 15) is 4.39 Å². The van der Waals surface area contributed by atoms with Gasteiger partial charge in [0.2, 0.25) is 0 Å². The van der Waals surface area contributed by atoms with Crippen LogP contribution in [0.25, 0.3) is 0 Å². The molecular formula is C19H21FN2O2S. The third-order valence-electron chi connectivity index (χ3n) is 4.16. The number of rotatable bonds is 4. The lowest BCUT2D eigenvalue weighted by Gasteiger charge is -2.21. The highest BCUT2D eigenvalue weighted by Gasteiger charge is 2.21. The topological polar surface area (TPSA) is 42.5 Å². The molecule has 0 bridgehead atoms. The average Bonchev–Trinajstić information content (AvgIpc) is 2.82. The highest BCUT2D eigenvalue weighted by atomic mass is 32.1. The molecule has 0 radical (unpaired) electrons. The number of thiocarbonyl (C=S) groups is 1. The quantitative estimate of drug-likeness (QED) is 0.814. The van der Waals surface area contributed by atoms with E-state index in [1.807, 2.05) is 24.3 Å². The SMILES string of the molecule is COc1ccc(CNC(=S)NC2CCCOc3ccc(F)cc32)cc1. The number of nitrogens with one attached hydrogen (secondary N) is 2. The van der Waals surface area contributed by atoms with Crippen LogP contribution in [0.4, 0.5) is 4.39 Å². The molecule has 132 valence electrons. The molecule has 1 aliphatic heterocycles. The van der Waals surface area contributed by atoms with Crippen LogP contribution in [0.2, 0.25) is 0 Å². The van der Waals surface area contributed by atoms with E-state index in [0.717, 1.165) is 29.7 Å². The summed E-state index contributed by atoms with van der Waals surface area (Å²) in [4.78, 5) is 0. The van der Waals surface area contributed by atoms with Crippen molar-refractivity contribution in [1.82, 2.24) is 10.6 Å². The summed E-state index contributed by atoms with van der Waals surface area (Å²) in [6, 6.07) is 12.3. The standard InChI is InChI=1S/C19H21FN2O2S/c1-23-15-7-4-13(5-8-15)12-21-19(25)22-17-3-2-10-24-18-9-6-14(20)11-16(17)18/h4-9,11,17H,2-3,10,12H2,1H3,(H2,21,22,25). The predicted molar refractivity (Wildman–Crippen MR) is 99.4 cm³/mol. The van der Waals surface area contributed by atoms with E-state index in [1.165, 1.54) is 12.1 Å². The van der Waals surface area contributed by atoms with Crippen molar-refractivity contribution in [2.45, 2.75) is 25.4 Å². The second kappa shape index (κ2) is 8.16. The maximum Gasteiger partial charge on any atom is 0.167 e. The van der Waals surface area contributed by atoms with Crippen LogP contribution in [-0.4, -0.2) is 18.8 Å². The number of hydrogen-bond donors (Lipinski definition) is 2. The van der Waals surface area contributed by atoms with Crippen LogP contribution in [0.1, 0.15) is 30.0 Å². The van der Waals surface area contributed by atoms with Crippen molar-refractivity contribution >= 4 is 17.3 Å². The lowest BCUT2D eigenvalue weighted by atomic mass is 10.0. The Labute approximate surface area is 152 Å².